The van der Waals surface area contributed by atoms with E-state index in [1.54, 1.807) is 19.9 Å². The van der Waals surface area contributed by atoms with Gasteiger partial charge in [-0.15, -0.1) is 0 Å². The van der Waals surface area contributed by atoms with Gasteiger partial charge in [-0.3, -0.25) is 4.79 Å². The third kappa shape index (κ3) is 3.89. The number of rotatable bonds is 2. The van der Waals surface area contributed by atoms with Crippen LogP contribution in [0.4, 0.5) is 10.1 Å². The zero-order valence-corrected chi connectivity index (χ0v) is 9.75. The Hall–Kier alpha value is -1.86. The number of carbonyl (C=O) groups is 1. The smallest absolute Gasteiger partial charge is 0.227 e. The summed E-state index contributed by atoms with van der Waals surface area (Å²) in [5.74, 6) is 4.03. The number of aliphatic hydroxyl groups excluding tert-OH is 1. The summed E-state index contributed by atoms with van der Waals surface area (Å²) in [5.41, 5.74) is 0.595. The van der Waals surface area contributed by atoms with Crippen LogP contribution in [0.3, 0.4) is 0 Å². The van der Waals surface area contributed by atoms with E-state index in [2.05, 4.69) is 17.2 Å². The van der Waals surface area contributed by atoms with Crippen molar-refractivity contribution in [3.8, 4) is 11.8 Å². The van der Waals surface area contributed by atoms with Crippen LogP contribution in [0, 0.1) is 23.6 Å². The van der Waals surface area contributed by atoms with E-state index in [0.29, 0.717) is 5.56 Å². The van der Waals surface area contributed by atoms with Gasteiger partial charge in [-0.2, -0.15) is 0 Å². The van der Waals surface area contributed by atoms with Crippen LogP contribution in [-0.4, -0.2) is 17.6 Å². The summed E-state index contributed by atoms with van der Waals surface area (Å²) in [7, 11) is 0. The molecular weight excluding hydrogens is 221 g/mol. The van der Waals surface area contributed by atoms with Crippen LogP contribution in [0.5, 0.6) is 0 Å². The monoisotopic (exact) mass is 235 g/mol. The average Bonchev–Trinajstić information content (AvgIpc) is 2.29. The Kier molecular flexibility index (Phi) is 4.68. The number of amides is 1. The van der Waals surface area contributed by atoms with Crippen molar-refractivity contribution < 1.29 is 14.3 Å². The van der Waals surface area contributed by atoms with E-state index in [1.165, 1.54) is 12.1 Å². The van der Waals surface area contributed by atoms with Gasteiger partial charge < -0.3 is 10.4 Å². The Morgan fingerprint density at radius 3 is 2.76 bits per heavy atom. The summed E-state index contributed by atoms with van der Waals surface area (Å²) in [5, 5.41) is 11.0. The average molecular weight is 235 g/mol. The zero-order valence-electron chi connectivity index (χ0n) is 9.75. The van der Waals surface area contributed by atoms with Gasteiger partial charge in [0.05, 0.1) is 5.69 Å². The van der Waals surface area contributed by atoms with Gasteiger partial charge in [0.25, 0.3) is 0 Å². The molecule has 0 aliphatic heterocycles. The first-order chi connectivity index (χ1) is 8.04. The van der Waals surface area contributed by atoms with Gasteiger partial charge in [0.2, 0.25) is 5.91 Å². The first-order valence-corrected chi connectivity index (χ1v) is 5.24. The Labute approximate surface area is 99.7 Å². The summed E-state index contributed by atoms with van der Waals surface area (Å²) in [6, 6.07) is 4.26. The van der Waals surface area contributed by atoms with Crippen molar-refractivity contribution in [1.82, 2.24) is 0 Å². The molecule has 17 heavy (non-hydrogen) atoms. The highest BCUT2D eigenvalue weighted by Gasteiger charge is 2.10. The van der Waals surface area contributed by atoms with Crippen LogP contribution in [0.15, 0.2) is 18.2 Å². The lowest BCUT2D eigenvalue weighted by molar-refractivity contribution is -0.118. The van der Waals surface area contributed by atoms with Crippen LogP contribution >= 0.6 is 0 Å². The Morgan fingerprint density at radius 2 is 2.24 bits per heavy atom. The molecule has 0 aliphatic carbocycles. The minimum Gasteiger partial charge on any atom is -0.384 e. The third-order valence-corrected chi connectivity index (χ3v) is 2.06. The van der Waals surface area contributed by atoms with Gasteiger partial charge in [0.1, 0.15) is 12.4 Å². The van der Waals surface area contributed by atoms with Gasteiger partial charge in [0.15, 0.2) is 0 Å². The summed E-state index contributed by atoms with van der Waals surface area (Å²) >= 11 is 0. The minimum atomic E-state index is -0.538. The molecule has 0 unspecified atom stereocenters. The molecule has 90 valence electrons. The number of hydrogen-bond donors (Lipinski definition) is 2. The molecule has 1 amide bonds. The molecule has 1 rings (SSSR count). The molecule has 1 aromatic carbocycles. The van der Waals surface area contributed by atoms with Crippen molar-refractivity contribution in [2.75, 3.05) is 11.9 Å². The molecule has 0 saturated carbocycles. The molecule has 0 saturated heterocycles. The maximum Gasteiger partial charge on any atom is 0.227 e. The number of anilines is 1. The highest BCUT2D eigenvalue weighted by atomic mass is 19.1. The summed E-state index contributed by atoms with van der Waals surface area (Å²) in [6.07, 6.45) is 0. The lowest BCUT2D eigenvalue weighted by Gasteiger charge is -2.08. The van der Waals surface area contributed by atoms with E-state index in [9.17, 15) is 9.18 Å². The SMILES string of the molecule is CC(C)C(=O)Nc1ccc(C#CCO)cc1F. The van der Waals surface area contributed by atoms with E-state index < -0.39 is 5.82 Å². The van der Waals surface area contributed by atoms with Crippen molar-refractivity contribution in [2.45, 2.75) is 13.8 Å². The quantitative estimate of drug-likeness (QED) is 0.767. The number of aliphatic hydroxyl groups is 1. The highest BCUT2D eigenvalue weighted by Crippen LogP contribution is 2.16. The summed E-state index contributed by atoms with van der Waals surface area (Å²) in [4.78, 5) is 11.4. The van der Waals surface area contributed by atoms with Gasteiger partial charge >= 0.3 is 0 Å². The Balaban J connectivity index is 2.87. The number of halogens is 1. The maximum absolute atomic E-state index is 13.6. The fourth-order valence-corrected chi connectivity index (χ4v) is 1.11. The van der Waals surface area contributed by atoms with E-state index in [0.717, 1.165) is 0 Å². The molecule has 0 heterocycles. The van der Waals surface area contributed by atoms with Crippen molar-refractivity contribution in [2.24, 2.45) is 5.92 Å². The van der Waals surface area contributed by atoms with Crippen molar-refractivity contribution in [1.29, 1.82) is 0 Å². The van der Waals surface area contributed by atoms with Crippen molar-refractivity contribution in [3.05, 3.63) is 29.6 Å². The third-order valence-electron chi connectivity index (χ3n) is 2.06. The molecular formula is C13H14FNO2. The molecule has 1 aromatic rings. The fourth-order valence-electron chi connectivity index (χ4n) is 1.11. The van der Waals surface area contributed by atoms with Gasteiger partial charge in [0, 0.05) is 11.5 Å². The molecule has 0 aromatic heterocycles. The lowest BCUT2D eigenvalue weighted by Crippen LogP contribution is -2.18. The fraction of sp³-hybridized carbons (Fsp3) is 0.308. The van der Waals surface area contributed by atoms with E-state index in [-0.39, 0.29) is 24.1 Å². The Morgan fingerprint density at radius 1 is 1.53 bits per heavy atom. The van der Waals surface area contributed by atoms with E-state index >= 15 is 0 Å². The normalized spacial score (nSPS) is 9.71. The van der Waals surface area contributed by atoms with Gasteiger partial charge in [-0.05, 0) is 18.2 Å². The van der Waals surface area contributed by atoms with Crippen LogP contribution in [0.2, 0.25) is 0 Å². The number of hydrogen-bond acceptors (Lipinski definition) is 2. The van der Waals surface area contributed by atoms with Crippen LogP contribution < -0.4 is 5.32 Å². The second kappa shape index (κ2) is 6.02. The van der Waals surface area contributed by atoms with Crippen molar-refractivity contribution >= 4 is 11.6 Å². The second-order valence-corrected chi connectivity index (χ2v) is 3.80. The predicted molar refractivity (Wildman–Crippen MR) is 63.8 cm³/mol. The van der Waals surface area contributed by atoms with Crippen LogP contribution in [-0.2, 0) is 4.79 Å². The molecule has 4 heteroatoms. The van der Waals surface area contributed by atoms with Crippen molar-refractivity contribution in [3.63, 3.8) is 0 Å². The standard InChI is InChI=1S/C13H14FNO2/c1-9(2)13(17)15-12-6-5-10(4-3-7-16)8-11(12)14/h5-6,8-9,16H,7H2,1-2H3,(H,15,17). The largest absolute Gasteiger partial charge is 0.384 e. The Bertz CT molecular complexity index is 472. The van der Waals surface area contributed by atoms with Gasteiger partial charge in [-0.25, -0.2) is 4.39 Å². The topological polar surface area (TPSA) is 49.3 Å². The van der Waals surface area contributed by atoms with Crippen LogP contribution in [0.1, 0.15) is 19.4 Å². The molecule has 0 aliphatic rings. The summed E-state index contributed by atoms with van der Waals surface area (Å²) < 4.78 is 13.6. The second-order valence-electron chi connectivity index (χ2n) is 3.80. The van der Waals surface area contributed by atoms with Gasteiger partial charge in [-0.1, -0.05) is 25.7 Å². The molecule has 0 bridgehead atoms. The minimum absolute atomic E-state index is 0.137. The van der Waals surface area contributed by atoms with E-state index in [1.807, 2.05) is 0 Å². The first kappa shape index (κ1) is 13.2. The number of carbonyl (C=O) groups excluding carboxylic acids is 1. The zero-order chi connectivity index (χ0) is 12.8. The van der Waals surface area contributed by atoms with Crippen LogP contribution in [0.25, 0.3) is 0 Å². The first-order valence-electron chi connectivity index (χ1n) is 5.24. The summed E-state index contributed by atoms with van der Waals surface area (Å²) in [6.45, 7) is 3.19. The molecule has 0 spiro atoms. The highest BCUT2D eigenvalue weighted by molar-refractivity contribution is 5.92. The molecule has 3 nitrogen and oxygen atoms in total. The lowest BCUT2D eigenvalue weighted by atomic mass is 10.1. The number of nitrogens with one attached hydrogen (secondary N) is 1. The number of benzene rings is 1. The van der Waals surface area contributed by atoms with E-state index in [4.69, 9.17) is 5.11 Å². The maximum atomic E-state index is 13.6. The molecule has 2 N–H and O–H groups in total. The molecule has 0 atom stereocenters. The molecule has 0 radical (unpaired) electrons. The molecule has 0 fully saturated rings. The predicted octanol–water partition coefficient (Wildman–Crippen LogP) is 1.76.